The van der Waals surface area contributed by atoms with Crippen LogP contribution in [0.4, 0.5) is 18.9 Å². The maximum absolute atomic E-state index is 12.9. The third kappa shape index (κ3) is 5.12. The minimum atomic E-state index is -4.54. The molecule has 0 spiro atoms. The fraction of sp³-hybridized carbons (Fsp3) is 0.500. The van der Waals surface area contributed by atoms with Crippen molar-refractivity contribution in [2.45, 2.75) is 33.4 Å². The van der Waals surface area contributed by atoms with Crippen molar-refractivity contribution < 1.29 is 22.8 Å². The molecule has 1 aromatic carbocycles. The molecule has 0 fully saturated rings. The second kappa shape index (κ2) is 8.37. The van der Waals surface area contributed by atoms with E-state index in [1.165, 1.54) is 6.92 Å². The van der Waals surface area contributed by atoms with Crippen molar-refractivity contribution in [2.24, 2.45) is 0 Å². The van der Waals surface area contributed by atoms with Crippen LogP contribution in [-0.2, 0) is 15.8 Å². The van der Waals surface area contributed by atoms with Crippen LogP contribution in [0.15, 0.2) is 18.2 Å². The van der Waals surface area contributed by atoms with E-state index in [1.807, 2.05) is 13.8 Å². The van der Waals surface area contributed by atoms with E-state index in [4.69, 9.17) is 11.6 Å². The van der Waals surface area contributed by atoms with E-state index in [9.17, 15) is 22.8 Å². The molecular formula is C16H20ClF3N2O2. The standard InChI is InChI=1S/C16H20ClF3N2O2/c1-4-21(5-2)15(24)8-9-22(11(3)23)14-10-12(16(18,19)20)6-7-13(14)17/h6-7,10H,4-5,8-9H2,1-3H3. The molecular weight excluding hydrogens is 345 g/mol. The van der Waals surface area contributed by atoms with Crippen LogP contribution in [-0.4, -0.2) is 36.3 Å². The van der Waals surface area contributed by atoms with Gasteiger partial charge in [-0.1, -0.05) is 11.6 Å². The lowest BCUT2D eigenvalue weighted by atomic mass is 10.1. The fourth-order valence-corrected chi connectivity index (χ4v) is 2.50. The zero-order valence-corrected chi connectivity index (χ0v) is 14.5. The van der Waals surface area contributed by atoms with E-state index in [1.54, 1.807) is 4.90 Å². The fourth-order valence-electron chi connectivity index (χ4n) is 2.29. The van der Waals surface area contributed by atoms with Crippen LogP contribution < -0.4 is 4.90 Å². The third-order valence-corrected chi connectivity index (χ3v) is 3.93. The number of hydrogen-bond acceptors (Lipinski definition) is 2. The van der Waals surface area contributed by atoms with Gasteiger partial charge >= 0.3 is 6.18 Å². The predicted octanol–water partition coefficient (Wildman–Crippen LogP) is 3.97. The highest BCUT2D eigenvalue weighted by atomic mass is 35.5. The van der Waals surface area contributed by atoms with E-state index < -0.39 is 17.6 Å². The van der Waals surface area contributed by atoms with E-state index in [0.717, 1.165) is 23.1 Å². The van der Waals surface area contributed by atoms with Crippen LogP contribution in [0, 0.1) is 0 Å². The highest BCUT2D eigenvalue weighted by Crippen LogP contribution is 2.35. The lowest BCUT2D eigenvalue weighted by molar-refractivity contribution is -0.137. The van der Waals surface area contributed by atoms with Crippen LogP contribution in [0.1, 0.15) is 32.8 Å². The van der Waals surface area contributed by atoms with Gasteiger partial charge in [-0.15, -0.1) is 0 Å². The highest BCUT2D eigenvalue weighted by molar-refractivity contribution is 6.33. The first-order valence-corrected chi connectivity index (χ1v) is 7.92. The van der Waals surface area contributed by atoms with Gasteiger partial charge < -0.3 is 9.80 Å². The van der Waals surface area contributed by atoms with E-state index >= 15 is 0 Å². The Morgan fingerprint density at radius 2 is 1.75 bits per heavy atom. The molecule has 0 heterocycles. The molecule has 0 saturated carbocycles. The Balaban J connectivity index is 3.05. The number of hydrogen-bond donors (Lipinski definition) is 0. The SMILES string of the molecule is CCN(CC)C(=O)CCN(C(C)=O)c1cc(C(F)(F)F)ccc1Cl. The summed E-state index contributed by atoms with van der Waals surface area (Å²) in [5.74, 6) is -0.655. The van der Waals surface area contributed by atoms with Crippen molar-refractivity contribution >= 4 is 29.1 Å². The Bertz CT molecular complexity index is 601. The van der Waals surface area contributed by atoms with Crippen molar-refractivity contribution in [3.05, 3.63) is 28.8 Å². The molecule has 2 amide bonds. The first-order chi connectivity index (χ1) is 11.1. The highest BCUT2D eigenvalue weighted by Gasteiger charge is 2.32. The number of nitrogens with zero attached hydrogens (tertiary/aromatic N) is 2. The first-order valence-electron chi connectivity index (χ1n) is 7.54. The van der Waals surface area contributed by atoms with Gasteiger partial charge in [-0.2, -0.15) is 13.2 Å². The Morgan fingerprint density at radius 1 is 1.17 bits per heavy atom. The number of amides is 2. The molecule has 0 aliphatic rings. The van der Waals surface area contributed by atoms with Crippen molar-refractivity contribution in [2.75, 3.05) is 24.5 Å². The van der Waals surface area contributed by atoms with Crippen LogP contribution in [0.5, 0.6) is 0 Å². The number of rotatable bonds is 6. The maximum Gasteiger partial charge on any atom is 0.416 e. The largest absolute Gasteiger partial charge is 0.416 e. The minimum Gasteiger partial charge on any atom is -0.343 e. The molecule has 0 atom stereocenters. The maximum atomic E-state index is 12.9. The lowest BCUT2D eigenvalue weighted by Gasteiger charge is -2.25. The Kier molecular flexibility index (Phi) is 7.08. The van der Waals surface area contributed by atoms with E-state index in [2.05, 4.69) is 0 Å². The van der Waals surface area contributed by atoms with Gasteiger partial charge in [0.15, 0.2) is 0 Å². The minimum absolute atomic E-state index is 0.00777. The van der Waals surface area contributed by atoms with Gasteiger partial charge in [-0.25, -0.2) is 0 Å². The van der Waals surface area contributed by atoms with Gasteiger partial charge in [-0.3, -0.25) is 9.59 Å². The van der Waals surface area contributed by atoms with Gasteiger partial charge in [0.2, 0.25) is 11.8 Å². The molecule has 1 aromatic rings. The number of anilines is 1. The van der Waals surface area contributed by atoms with Gasteiger partial charge in [-0.05, 0) is 32.0 Å². The molecule has 8 heteroatoms. The average molecular weight is 365 g/mol. The van der Waals surface area contributed by atoms with Crippen LogP contribution >= 0.6 is 11.6 Å². The summed E-state index contributed by atoms with van der Waals surface area (Å²) in [6.07, 6.45) is -4.54. The summed E-state index contributed by atoms with van der Waals surface area (Å²) in [5, 5.41) is 0.0217. The molecule has 0 radical (unpaired) electrons. The summed E-state index contributed by atoms with van der Waals surface area (Å²) >= 11 is 5.96. The second-order valence-electron chi connectivity index (χ2n) is 5.15. The summed E-state index contributed by atoms with van der Waals surface area (Å²) in [6.45, 7) is 5.89. The summed E-state index contributed by atoms with van der Waals surface area (Å²) in [4.78, 5) is 26.6. The number of carbonyl (C=O) groups is 2. The summed E-state index contributed by atoms with van der Waals surface area (Å²) in [7, 11) is 0. The number of alkyl halides is 3. The van der Waals surface area contributed by atoms with Gasteiger partial charge in [0, 0.05) is 33.0 Å². The summed E-state index contributed by atoms with van der Waals surface area (Å²) in [5.41, 5.74) is -0.949. The van der Waals surface area contributed by atoms with Gasteiger partial charge in [0.1, 0.15) is 0 Å². The van der Waals surface area contributed by atoms with Gasteiger partial charge in [0.05, 0.1) is 16.3 Å². The number of halogens is 4. The smallest absolute Gasteiger partial charge is 0.343 e. The summed E-state index contributed by atoms with van der Waals surface area (Å²) < 4.78 is 38.6. The van der Waals surface area contributed by atoms with E-state index in [-0.39, 0.29) is 29.6 Å². The van der Waals surface area contributed by atoms with Crippen LogP contribution in [0.25, 0.3) is 0 Å². The molecule has 0 aliphatic carbocycles. The van der Waals surface area contributed by atoms with Crippen molar-refractivity contribution in [1.82, 2.24) is 4.90 Å². The van der Waals surface area contributed by atoms with Crippen LogP contribution in [0.3, 0.4) is 0 Å². The predicted molar refractivity (Wildman–Crippen MR) is 87.0 cm³/mol. The molecule has 4 nitrogen and oxygen atoms in total. The zero-order chi connectivity index (χ0) is 18.5. The first kappa shape index (κ1) is 20.3. The normalized spacial score (nSPS) is 11.3. The summed E-state index contributed by atoms with van der Waals surface area (Å²) in [6, 6.07) is 2.78. The number of benzene rings is 1. The molecule has 0 aromatic heterocycles. The topological polar surface area (TPSA) is 40.6 Å². The molecule has 24 heavy (non-hydrogen) atoms. The Labute approximate surface area is 144 Å². The number of carbonyl (C=O) groups excluding carboxylic acids is 2. The lowest BCUT2D eigenvalue weighted by Crippen LogP contribution is -2.36. The third-order valence-electron chi connectivity index (χ3n) is 3.61. The molecule has 0 saturated heterocycles. The molecule has 0 N–H and O–H groups in total. The van der Waals surface area contributed by atoms with Crippen molar-refractivity contribution in [3.8, 4) is 0 Å². The van der Waals surface area contributed by atoms with E-state index in [0.29, 0.717) is 13.1 Å². The Morgan fingerprint density at radius 3 is 2.21 bits per heavy atom. The zero-order valence-electron chi connectivity index (χ0n) is 13.8. The quantitative estimate of drug-likeness (QED) is 0.766. The Hall–Kier alpha value is -1.76. The average Bonchev–Trinajstić information content (AvgIpc) is 2.48. The molecule has 134 valence electrons. The molecule has 1 rings (SSSR count). The molecule has 0 bridgehead atoms. The van der Waals surface area contributed by atoms with Crippen LogP contribution in [0.2, 0.25) is 5.02 Å². The van der Waals surface area contributed by atoms with Crippen molar-refractivity contribution in [1.29, 1.82) is 0 Å². The second-order valence-corrected chi connectivity index (χ2v) is 5.56. The molecule has 0 aliphatic heterocycles. The molecule has 0 unspecified atom stereocenters. The van der Waals surface area contributed by atoms with Gasteiger partial charge in [0.25, 0.3) is 0 Å². The monoisotopic (exact) mass is 364 g/mol. The van der Waals surface area contributed by atoms with Crippen molar-refractivity contribution in [3.63, 3.8) is 0 Å².